The number of nitrogens with zero attached hydrogens (tertiary/aromatic N) is 3. The summed E-state index contributed by atoms with van der Waals surface area (Å²) in [5.74, 6) is -0.292. The molecule has 0 radical (unpaired) electrons. The molecule has 2 heterocycles. The van der Waals surface area contributed by atoms with Crippen molar-refractivity contribution in [2.45, 2.75) is 51.5 Å². The molecule has 1 aromatic heterocycles. The number of rotatable bonds is 5. The van der Waals surface area contributed by atoms with Crippen LogP contribution >= 0.6 is 0 Å². The van der Waals surface area contributed by atoms with E-state index in [0.29, 0.717) is 25.6 Å². The molecule has 0 aromatic carbocycles. The molecule has 7 heteroatoms. The van der Waals surface area contributed by atoms with Crippen molar-refractivity contribution in [1.29, 1.82) is 0 Å². The fourth-order valence-electron chi connectivity index (χ4n) is 3.31. The number of ether oxygens (including phenoxy) is 1. The van der Waals surface area contributed by atoms with Gasteiger partial charge < -0.3 is 9.64 Å². The molecule has 3 rings (SSSR count). The van der Waals surface area contributed by atoms with E-state index >= 15 is 0 Å². The summed E-state index contributed by atoms with van der Waals surface area (Å²) in [6.07, 6.45) is 3.65. The Morgan fingerprint density at radius 2 is 2.08 bits per heavy atom. The number of esters is 1. The van der Waals surface area contributed by atoms with E-state index < -0.39 is 6.04 Å². The van der Waals surface area contributed by atoms with Crippen molar-refractivity contribution in [2.75, 3.05) is 19.7 Å². The summed E-state index contributed by atoms with van der Waals surface area (Å²) in [6, 6.07) is 2.57. The summed E-state index contributed by atoms with van der Waals surface area (Å²) >= 11 is 0. The van der Waals surface area contributed by atoms with Crippen LogP contribution in [0.2, 0.25) is 0 Å². The maximum atomic E-state index is 12.8. The molecule has 7 nitrogen and oxygen atoms in total. The molecule has 2 unspecified atom stereocenters. The van der Waals surface area contributed by atoms with Gasteiger partial charge in [0.15, 0.2) is 0 Å². The van der Waals surface area contributed by atoms with Gasteiger partial charge in [-0.2, -0.15) is 5.10 Å². The van der Waals surface area contributed by atoms with E-state index in [1.54, 1.807) is 24.8 Å². The Balaban J connectivity index is 1.72. The van der Waals surface area contributed by atoms with Crippen molar-refractivity contribution in [3.8, 4) is 0 Å². The van der Waals surface area contributed by atoms with Crippen molar-refractivity contribution < 1.29 is 14.3 Å². The molecular formula is C18H25N3O4. The van der Waals surface area contributed by atoms with Crippen molar-refractivity contribution >= 4 is 11.9 Å². The smallest absolute Gasteiger partial charge is 0.310 e. The van der Waals surface area contributed by atoms with Gasteiger partial charge in [0, 0.05) is 25.1 Å². The van der Waals surface area contributed by atoms with E-state index in [1.165, 1.54) is 10.7 Å². The Labute approximate surface area is 147 Å². The van der Waals surface area contributed by atoms with E-state index in [2.05, 4.69) is 5.10 Å². The highest BCUT2D eigenvalue weighted by molar-refractivity contribution is 5.81. The molecule has 2 aliphatic rings. The van der Waals surface area contributed by atoms with E-state index in [0.717, 1.165) is 31.4 Å². The normalized spacial score (nSPS) is 21.7. The predicted molar refractivity (Wildman–Crippen MR) is 91.1 cm³/mol. The second-order valence-corrected chi connectivity index (χ2v) is 6.87. The molecule has 1 saturated carbocycles. The molecule has 2 atom stereocenters. The summed E-state index contributed by atoms with van der Waals surface area (Å²) in [4.78, 5) is 38.6. The molecule has 136 valence electrons. The average molecular weight is 347 g/mol. The highest BCUT2D eigenvalue weighted by Crippen LogP contribution is 2.38. The van der Waals surface area contributed by atoms with Crippen LogP contribution in [0.5, 0.6) is 0 Å². The molecular weight excluding hydrogens is 322 g/mol. The van der Waals surface area contributed by atoms with Crippen LogP contribution in [0.15, 0.2) is 16.9 Å². The molecule has 2 fully saturated rings. The summed E-state index contributed by atoms with van der Waals surface area (Å²) in [6.45, 7) is 4.75. The lowest BCUT2D eigenvalue weighted by molar-refractivity contribution is -0.151. The molecule has 1 aromatic rings. The quantitative estimate of drug-likeness (QED) is 0.754. The third-order valence-corrected chi connectivity index (χ3v) is 4.92. The minimum atomic E-state index is -0.674. The molecule has 0 bridgehead atoms. The van der Waals surface area contributed by atoms with Crippen LogP contribution in [-0.4, -0.2) is 46.3 Å². The summed E-state index contributed by atoms with van der Waals surface area (Å²) in [5.41, 5.74) is 0.603. The van der Waals surface area contributed by atoms with Crippen LogP contribution in [-0.2, 0) is 14.3 Å². The van der Waals surface area contributed by atoms with Gasteiger partial charge in [-0.15, -0.1) is 0 Å². The Hall–Kier alpha value is -2.18. The lowest BCUT2D eigenvalue weighted by atomic mass is 9.97. The number of likely N-dealkylation sites (tertiary alicyclic amines) is 1. The van der Waals surface area contributed by atoms with E-state index in [9.17, 15) is 14.4 Å². The molecule has 25 heavy (non-hydrogen) atoms. The predicted octanol–water partition coefficient (Wildman–Crippen LogP) is 1.48. The first kappa shape index (κ1) is 17.6. The lowest BCUT2D eigenvalue weighted by Gasteiger charge is -2.33. The Morgan fingerprint density at radius 3 is 2.76 bits per heavy atom. The SMILES string of the molecule is CCOC(=O)C1CCCN(C(=O)C(C)n2nc(C3CC3)ccc2=O)C1. The number of aromatic nitrogens is 2. The second kappa shape index (κ2) is 7.37. The van der Waals surface area contributed by atoms with Crippen molar-refractivity contribution in [1.82, 2.24) is 14.7 Å². The minimum absolute atomic E-state index is 0.170. The molecule has 1 aliphatic carbocycles. The molecule has 0 N–H and O–H groups in total. The number of hydrogen-bond acceptors (Lipinski definition) is 5. The number of carbonyl (C=O) groups is 2. The summed E-state index contributed by atoms with van der Waals surface area (Å²) in [7, 11) is 0. The fraction of sp³-hybridized carbons (Fsp3) is 0.667. The maximum Gasteiger partial charge on any atom is 0.310 e. The van der Waals surface area contributed by atoms with E-state index in [1.807, 2.05) is 0 Å². The highest BCUT2D eigenvalue weighted by Gasteiger charge is 2.33. The number of hydrogen-bond donors (Lipinski definition) is 0. The summed E-state index contributed by atoms with van der Waals surface area (Å²) < 4.78 is 6.36. The van der Waals surface area contributed by atoms with E-state index in [4.69, 9.17) is 4.74 Å². The van der Waals surface area contributed by atoms with Crippen molar-refractivity contribution in [3.63, 3.8) is 0 Å². The molecule has 1 aliphatic heterocycles. The third kappa shape index (κ3) is 3.91. The standard InChI is InChI=1S/C18H25N3O4/c1-3-25-18(24)14-5-4-10-20(11-14)17(23)12(2)21-16(22)9-8-15(19-21)13-6-7-13/h8-9,12-14H,3-7,10-11H2,1-2H3. The van der Waals surface area contributed by atoms with Gasteiger partial charge in [-0.3, -0.25) is 14.4 Å². The van der Waals surface area contributed by atoms with Crippen LogP contribution in [0, 0.1) is 5.92 Å². The molecule has 1 amide bonds. The van der Waals surface area contributed by atoms with Crippen LogP contribution in [0.25, 0.3) is 0 Å². The van der Waals surface area contributed by atoms with Crippen LogP contribution in [0.3, 0.4) is 0 Å². The second-order valence-electron chi connectivity index (χ2n) is 6.87. The van der Waals surface area contributed by atoms with Crippen molar-refractivity contribution in [3.05, 3.63) is 28.2 Å². The van der Waals surface area contributed by atoms with Gasteiger partial charge in [0.1, 0.15) is 6.04 Å². The van der Waals surface area contributed by atoms with Crippen LogP contribution in [0.4, 0.5) is 0 Å². The largest absolute Gasteiger partial charge is 0.466 e. The van der Waals surface area contributed by atoms with Gasteiger partial charge in [0.25, 0.3) is 5.56 Å². The van der Waals surface area contributed by atoms with Crippen LogP contribution < -0.4 is 5.56 Å². The van der Waals surface area contributed by atoms with Gasteiger partial charge in [0.05, 0.1) is 18.2 Å². The highest BCUT2D eigenvalue weighted by atomic mass is 16.5. The Bertz CT molecular complexity index is 711. The number of amides is 1. The number of carbonyl (C=O) groups excluding carboxylic acids is 2. The lowest BCUT2D eigenvalue weighted by Crippen LogP contribution is -2.46. The minimum Gasteiger partial charge on any atom is -0.466 e. The first-order valence-electron chi connectivity index (χ1n) is 9.06. The van der Waals surface area contributed by atoms with Crippen molar-refractivity contribution in [2.24, 2.45) is 5.92 Å². The number of piperidine rings is 1. The fourth-order valence-corrected chi connectivity index (χ4v) is 3.31. The zero-order chi connectivity index (χ0) is 18.0. The van der Waals surface area contributed by atoms with Crippen LogP contribution in [0.1, 0.15) is 57.2 Å². The average Bonchev–Trinajstić information content (AvgIpc) is 3.46. The zero-order valence-electron chi connectivity index (χ0n) is 14.8. The Kier molecular flexibility index (Phi) is 5.20. The van der Waals surface area contributed by atoms with Gasteiger partial charge in [0.2, 0.25) is 5.91 Å². The maximum absolute atomic E-state index is 12.8. The van der Waals surface area contributed by atoms with Gasteiger partial charge >= 0.3 is 5.97 Å². The summed E-state index contributed by atoms with van der Waals surface area (Å²) in [5, 5.41) is 4.40. The monoisotopic (exact) mass is 347 g/mol. The topological polar surface area (TPSA) is 81.5 Å². The Morgan fingerprint density at radius 1 is 1.32 bits per heavy atom. The third-order valence-electron chi connectivity index (χ3n) is 4.92. The van der Waals surface area contributed by atoms with E-state index in [-0.39, 0.29) is 23.4 Å². The first-order valence-corrected chi connectivity index (χ1v) is 9.06. The van der Waals surface area contributed by atoms with Gasteiger partial charge in [-0.1, -0.05) is 0 Å². The molecule has 1 saturated heterocycles. The van der Waals surface area contributed by atoms with Gasteiger partial charge in [-0.05, 0) is 45.6 Å². The zero-order valence-corrected chi connectivity index (χ0v) is 14.8. The molecule has 0 spiro atoms. The van der Waals surface area contributed by atoms with Gasteiger partial charge in [-0.25, -0.2) is 4.68 Å². The first-order chi connectivity index (χ1) is 12.0.